The van der Waals surface area contributed by atoms with E-state index in [0.29, 0.717) is 0 Å². The van der Waals surface area contributed by atoms with Crippen molar-refractivity contribution >= 4 is 16.5 Å². The molecule has 4 rings (SSSR count). The van der Waals surface area contributed by atoms with E-state index < -0.39 is 0 Å². The Morgan fingerprint density at radius 3 is 2.68 bits per heavy atom. The number of ether oxygens (including phenoxy) is 1. The number of benzene rings is 2. The van der Waals surface area contributed by atoms with Gasteiger partial charge in [0.05, 0.1) is 7.11 Å². The summed E-state index contributed by atoms with van der Waals surface area (Å²) in [5, 5.41) is 1.29. The summed E-state index contributed by atoms with van der Waals surface area (Å²) in [6, 6.07) is 17.0. The van der Waals surface area contributed by atoms with Crippen LogP contribution >= 0.6 is 0 Å². The maximum absolute atomic E-state index is 5.35. The van der Waals surface area contributed by atoms with Gasteiger partial charge in [-0.25, -0.2) is 0 Å². The number of hydrogen-bond donors (Lipinski definition) is 1. The number of rotatable bonds is 4. The minimum Gasteiger partial charge on any atom is -0.497 e. The predicted molar refractivity (Wildman–Crippen MR) is 104 cm³/mol. The third-order valence-corrected chi connectivity index (χ3v) is 5.06. The molecule has 0 bridgehead atoms. The Kier molecular flexibility index (Phi) is 4.33. The molecular weight excluding hydrogens is 308 g/mol. The normalized spacial score (nSPS) is 15.4. The molecule has 2 heterocycles. The first-order valence-corrected chi connectivity index (χ1v) is 8.86. The maximum Gasteiger partial charge on any atom is 0.120 e. The molecule has 0 radical (unpaired) electrons. The van der Waals surface area contributed by atoms with Crippen LogP contribution in [0.15, 0.2) is 54.6 Å². The van der Waals surface area contributed by atoms with E-state index in [4.69, 9.17) is 4.74 Å². The minimum atomic E-state index is 0.895. The Morgan fingerprint density at radius 1 is 1.12 bits per heavy atom. The molecule has 0 amide bonds. The van der Waals surface area contributed by atoms with Crippen molar-refractivity contribution in [3.05, 3.63) is 71.4 Å². The smallest absolute Gasteiger partial charge is 0.120 e. The summed E-state index contributed by atoms with van der Waals surface area (Å²) in [6.45, 7) is 5.29. The van der Waals surface area contributed by atoms with Crippen LogP contribution in [0.5, 0.6) is 5.75 Å². The van der Waals surface area contributed by atoms with E-state index in [1.54, 1.807) is 7.11 Å². The van der Waals surface area contributed by atoms with E-state index >= 15 is 0 Å². The van der Waals surface area contributed by atoms with E-state index in [0.717, 1.165) is 37.3 Å². The van der Waals surface area contributed by atoms with Gasteiger partial charge in [-0.3, -0.25) is 4.90 Å². The highest BCUT2D eigenvalue weighted by Crippen LogP contribution is 2.34. The summed E-state index contributed by atoms with van der Waals surface area (Å²) >= 11 is 0. The van der Waals surface area contributed by atoms with Gasteiger partial charge in [0.1, 0.15) is 5.75 Å². The number of methoxy groups -OCH3 is 1. The van der Waals surface area contributed by atoms with Crippen LogP contribution in [0.4, 0.5) is 0 Å². The SMILES string of the molecule is COc1ccc2c(C3=CCN(Cc4ccccc4)CC3)c(C)[nH]c2c1. The van der Waals surface area contributed by atoms with Crippen LogP contribution in [0.25, 0.3) is 16.5 Å². The van der Waals surface area contributed by atoms with Crippen LogP contribution in [0.3, 0.4) is 0 Å². The van der Waals surface area contributed by atoms with E-state index in [1.807, 2.05) is 6.07 Å². The molecule has 1 aliphatic heterocycles. The molecule has 0 spiro atoms. The fourth-order valence-corrected chi connectivity index (χ4v) is 3.78. The monoisotopic (exact) mass is 332 g/mol. The molecule has 0 saturated carbocycles. The number of nitrogens with one attached hydrogen (secondary N) is 1. The highest BCUT2D eigenvalue weighted by atomic mass is 16.5. The van der Waals surface area contributed by atoms with Crippen LogP contribution in [-0.4, -0.2) is 30.1 Å². The Bertz CT molecular complexity index is 908. The summed E-state index contributed by atoms with van der Waals surface area (Å²) in [5.74, 6) is 0.895. The van der Waals surface area contributed by atoms with Crippen molar-refractivity contribution in [3.63, 3.8) is 0 Å². The van der Waals surface area contributed by atoms with E-state index in [-0.39, 0.29) is 0 Å². The lowest BCUT2D eigenvalue weighted by molar-refractivity contribution is 0.294. The van der Waals surface area contributed by atoms with Gasteiger partial charge in [-0.1, -0.05) is 36.4 Å². The van der Waals surface area contributed by atoms with Crippen molar-refractivity contribution in [2.75, 3.05) is 20.2 Å². The van der Waals surface area contributed by atoms with Gasteiger partial charge in [-0.05, 0) is 36.6 Å². The molecular formula is C22H24N2O. The van der Waals surface area contributed by atoms with Crippen LogP contribution < -0.4 is 4.74 Å². The standard InChI is InChI=1S/C22H24N2O/c1-16-22(20-9-8-19(25-2)14-21(20)23-16)18-10-12-24(13-11-18)15-17-6-4-3-5-7-17/h3-10,14,23H,11-13,15H2,1-2H3. The average molecular weight is 332 g/mol. The van der Waals surface area contributed by atoms with Crippen LogP contribution in [-0.2, 0) is 6.54 Å². The van der Waals surface area contributed by atoms with E-state index in [9.17, 15) is 0 Å². The van der Waals surface area contributed by atoms with Gasteiger partial charge in [0.15, 0.2) is 0 Å². The first-order chi connectivity index (χ1) is 12.2. The number of hydrogen-bond acceptors (Lipinski definition) is 2. The largest absolute Gasteiger partial charge is 0.497 e. The molecule has 0 saturated heterocycles. The molecule has 0 aliphatic carbocycles. The first kappa shape index (κ1) is 16.0. The second-order valence-electron chi connectivity index (χ2n) is 6.74. The fourth-order valence-electron chi connectivity index (χ4n) is 3.78. The van der Waals surface area contributed by atoms with Crippen molar-refractivity contribution in [3.8, 4) is 5.75 Å². The third kappa shape index (κ3) is 3.20. The number of aromatic nitrogens is 1. The van der Waals surface area contributed by atoms with E-state index in [1.165, 1.54) is 27.8 Å². The predicted octanol–water partition coefficient (Wildman–Crippen LogP) is 4.77. The minimum absolute atomic E-state index is 0.895. The molecule has 3 aromatic rings. The number of nitrogens with zero attached hydrogens (tertiary/aromatic N) is 1. The molecule has 25 heavy (non-hydrogen) atoms. The molecule has 0 fully saturated rings. The van der Waals surface area contributed by atoms with Crippen LogP contribution in [0.1, 0.15) is 23.2 Å². The number of H-pyrrole nitrogens is 1. The van der Waals surface area contributed by atoms with Crippen molar-refractivity contribution in [1.29, 1.82) is 0 Å². The summed E-state index contributed by atoms with van der Waals surface area (Å²) in [6.07, 6.45) is 3.49. The Labute approximate surface area is 148 Å². The molecule has 1 aromatic heterocycles. The summed E-state index contributed by atoms with van der Waals surface area (Å²) < 4.78 is 5.35. The molecule has 1 N–H and O–H groups in total. The zero-order valence-corrected chi connectivity index (χ0v) is 14.9. The molecule has 3 heteroatoms. The quantitative estimate of drug-likeness (QED) is 0.745. The zero-order chi connectivity index (χ0) is 17.2. The van der Waals surface area contributed by atoms with Gasteiger partial charge < -0.3 is 9.72 Å². The van der Waals surface area contributed by atoms with Gasteiger partial charge in [-0.15, -0.1) is 0 Å². The average Bonchev–Trinajstić information content (AvgIpc) is 2.98. The van der Waals surface area contributed by atoms with Gasteiger partial charge in [0.25, 0.3) is 0 Å². The van der Waals surface area contributed by atoms with E-state index in [2.05, 4.69) is 65.3 Å². The number of fused-ring (bicyclic) bond motifs is 1. The van der Waals surface area contributed by atoms with Crippen molar-refractivity contribution in [2.45, 2.75) is 19.9 Å². The third-order valence-electron chi connectivity index (χ3n) is 5.06. The number of aromatic amines is 1. The Hall–Kier alpha value is -2.52. The second-order valence-corrected chi connectivity index (χ2v) is 6.74. The van der Waals surface area contributed by atoms with Gasteiger partial charge >= 0.3 is 0 Å². The maximum atomic E-state index is 5.35. The lowest BCUT2D eigenvalue weighted by Gasteiger charge is -2.26. The Balaban J connectivity index is 1.57. The highest BCUT2D eigenvalue weighted by Gasteiger charge is 2.18. The molecule has 1 aliphatic rings. The lowest BCUT2D eigenvalue weighted by atomic mass is 9.96. The summed E-state index contributed by atoms with van der Waals surface area (Å²) in [5.41, 5.74) is 6.61. The summed E-state index contributed by atoms with van der Waals surface area (Å²) in [4.78, 5) is 6.02. The van der Waals surface area contributed by atoms with Gasteiger partial charge in [0, 0.05) is 47.9 Å². The zero-order valence-electron chi connectivity index (χ0n) is 14.9. The molecule has 2 aromatic carbocycles. The first-order valence-electron chi connectivity index (χ1n) is 8.86. The van der Waals surface area contributed by atoms with Crippen molar-refractivity contribution in [1.82, 2.24) is 9.88 Å². The van der Waals surface area contributed by atoms with Crippen molar-refractivity contribution in [2.24, 2.45) is 0 Å². The second kappa shape index (κ2) is 6.77. The summed E-state index contributed by atoms with van der Waals surface area (Å²) in [7, 11) is 1.71. The number of aryl methyl sites for hydroxylation is 1. The van der Waals surface area contributed by atoms with Crippen LogP contribution in [0, 0.1) is 6.92 Å². The Morgan fingerprint density at radius 2 is 1.96 bits per heavy atom. The van der Waals surface area contributed by atoms with Crippen LogP contribution in [0.2, 0.25) is 0 Å². The molecule has 3 nitrogen and oxygen atoms in total. The van der Waals surface area contributed by atoms with Crippen molar-refractivity contribution < 1.29 is 4.74 Å². The topological polar surface area (TPSA) is 28.3 Å². The molecule has 128 valence electrons. The highest BCUT2D eigenvalue weighted by molar-refractivity contribution is 5.95. The molecule has 0 unspecified atom stereocenters. The fraction of sp³-hybridized carbons (Fsp3) is 0.273. The van der Waals surface area contributed by atoms with Gasteiger partial charge in [0.2, 0.25) is 0 Å². The van der Waals surface area contributed by atoms with Gasteiger partial charge in [-0.2, -0.15) is 0 Å². The molecule has 0 atom stereocenters. The lowest BCUT2D eigenvalue weighted by Crippen LogP contribution is -2.28.